The number of carbonyl (C=O) groups excluding carboxylic acids is 1. The van der Waals surface area contributed by atoms with Gasteiger partial charge in [0.05, 0.1) is 38.1 Å². The minimum absolute atomic E-state index is 0.00603. The maximum atomic E-state index is 14.2. The molecule has 0 fully saturated rings. The molecule has 3 N–H and O–H groups in total. The number of aromatic carboxylic acids is 1. The van der Waals surface area contributed by atoms with E-state index in [-0.39, 0.29) is 51.5 Å². The van der Waals surface area contributed by atoms with Crippen molar-refractivity contribution in [3.8, 4) is 11.8 Å². The number of nitrogens with zero attached hydrogens (tertiary/aromatic N) is 3. The molecule has 0 saturated heterocycles. The van der Waals surface area contributed by atoms with Crippen LogP contribution in [0.4, 0.5) is 4.39 Å². The summed E-state index contributed by atoms with van der Waals surface area (Å²) >= 11 is 0.714. The van der Waals surface area contributed by atoms with Crippen LogP contribution in [0.25, 0.3) is 10.2 Å². The average Bonchev–Trinajstić information content (AvgIpc) is 3.18. The fourth-order valence-electron chi connectivity index (χ4n) is 3.92. The van der Waals surface area contributed by atoms with E-state index < -0.39 is 40.6 Å². The number of halogens is 1. The standard InChI is InChI=1S/C24H25FN4O7S/c1-12-17-19(30)29(24(2,3)22(27)33)23(34)28(20(17)37-18(12)21(31)32)11-16(36-9-5-8-26)14-10-13(25)6-7-15(14)35-4/h6-7,10,16H,5,9,11H2,1-4H3,(H2,27,33)(H,31,32). The highest BCUT2D eigenvalue weighted by atomic mass is 32.1. The first-order valence-electron chi connectivity index (χ1n) is 11.0. The highest BCUT2D eigenvalue weighted by Crippen LogP contribution is 2.33. The van der Waals surface area contributed by atoms with Crippen LogP contribution in [-0.2, 0) is 21.6 Å². The molecule has 0 saturated carbocycles. The Labute approximate surface area is 214 Å². The topological polar surface area (TPSA) is 167 Å². The number of hydrogen-bond acceptors (Lipinski definition) is 8. The van der Waals surface area contributed by atoms with Gasteiger partial charge in [0.25, 0.3) is 5.56 Å². The second kappa shape index (κ2) is 10.5. The molecule has 2 aromatic heterocycles. The lowest BCUT2D eigenvalue weighted by molar-refractivity contribution is -0.125. The van der Waals surface area contributed by atoms with Gasteiger partial charge in [-0.05, 0) is 44.5 Å². The van der Waals surface area contributed by atoms with Crippen molar-refractivity contribution in [3.63, 3.8) is 0 Å². The molecule has 0 bridgehead atoms. The Balaban J connectivity index is 2.39. The molecule has 0 spiro atoms. The van der Waals surface area contributed by atoms with Crippen LogP contribution >= 0.6 is 11.3 Å². The summed E-state index contributed by atoms with van der Waals surface area (Å²) in [5.74, 6) is -2.63. The lowest BCUT2D eigenvalue weighted by Crippen LogP contribution is -2.54. The maximum absolute atomic E-state index is 14.2. The van der Waals surface area contributed by atoms with Crippen LogP contribution in [0.2, 0.25) is 0 Å². The summed E-state index contributed by atoms with van der Waals surface area (Å²) in [6.45, 7) is 3.62. The molecule has 0 aliphatic rings. The van der Waals surface area contributed by atoms with Gasteiger partial charge in [0.2, 0.25) is 5.91 Å². The fraction of sp³-hybridized carbons (Fsp3) is 0.375. The number of aryl methyl sites for hydroxylation is 1. The maximum Gasteiger partial charge on any atom is 0.346 e. The van der Waals surface area contributed by atoms with Gasteiger partial charge >= 0.3 is 11.7 Å². The minimum Gasteiger partial charge on any atom is -0.496 e. The van der Waals surface area contributed by atoms with E-state index in [9.17, 15) is 28.7 Å². The van der Waals surface area contributed by atoms with Crippen LogP contribution in [0.15, 0.2) is 27.8 Å². The first-order valence-corrected chi connectivity index (χ1v) is 11.8. The summed E-state index contributed by atoms with van der Waals surface area (Å²) in [4.78, 5) is 51.1. The molecule has 3 rings (SSSR count). The summed E-state index contributed by atoms with van der Waals surface area (Å²) < 4.78 is 27.2. The third kappa shape index (κ3) is 4.98. The highest BCUT2D eigenvalue weighted by molar-refractivity contribution is 7.20. The second-order valence-electron chi connectivity index (χ2n) is 8.65. The smallest absolute Gasteiger partial charge is 0.346 e. The molecule has 196 valence electrons. The predicted molar refractivity (Wildman–Crippen MR) is 132 cm³/mol. The van der Waals surface area contributed by atoms with Gasteiger partial charge < -0.3 is 20.3 Å². The van der Waals surface area contributed by atoms with Crippen LogP contribution in [0.5, 0.6) is 5.75 Å². The van der Waals surface area contributed by atoms with Crippen molar-refractivity contribution in [2.75, 3.05) is 13.7 Å². The van der Waals surface area contributed by atoms with E-state index in [1.54, 1.807) is 0 Å². The van der Waals surface area contributed by atoms with Crippen molar-refractivity contribution in [2.45, 2.75) is 45.4 Å². The molecule has 1 unspecified atom stereocenters. The molecule has 0 aliphatic carbocycles. The number of thiophene rings is 1. The summed E-state index contributed by atoms with van der Waals surface area (Å²) in [5.41, 5.74) is 2.26. The van der Waals surface area contributed by atoms with E-state index in [4.69, 9.17) is 20.5 Å². The second-order valence-corrected chi connectivity index (χ2v) is 9.65. The number of benzene rings is 1. The number of nitriles is 1. The Morgan fingerprint density at radius 1 is 1.32 bits per heavy atom. The summed E-state index contributed by atoms with van der Waals surface area (Å²) in [7, 11) is 1.37. The molecule has 0 radical (unpaired) electrons. The van der Waals surface area contributed by atoms with Gasteiger partial charge in [-0.15, -0.1) is 11.3 Å². The lowest BCUT2D eigenvalue weighted by atomic mass is 10.0. The van der Waals surface area contributed by atoms with E-state index in [1.165, 1.54) is 40.0 Å². The Hall–Kier alpha value is -4.02. The van der Waals surface area contributed by atoms with Gasteiger partial charge in [-0.2, -0.15) is 5.26 Å². The molecule has 1 atom stereocenters. The van der Waals surface area contributed by atoms with Gasteiger partial charge in [-0.1, -0.05) is 0 Å². The first kappa shape index (κ1) is 27.6. The number of amides is 1. The van der Waals surface area contributed by atoms with Crippen molar-refractivity contribution < 1.29 is 28.6 Å². The molecule has 0 aliphatic heterocycles. The van der Waals surface area contributed by atoms with Crippen molar-refractivity contribution >= 4 is 33.4 Å². The fourth-order valence-corrected chi connectivity index (χ4v) is 5.07. The Bertz CT molecular complexity index is 1550. The summed E-state index contributed by atoms with van der Waals surface area (Å²) in [6.07, 6.45) is -1.06. The third-order valence-corrected chi connectivity index (χ3v) is 7.29. The monoisotopic (exact) mass is 532 g/mol. The van der Waals surface area contributed by atoms with Gasteiger partial charge in [-0.3, -0.25) is 14.2 Å². The van der Waals surface area contributed by atoms with Gasteiger partial charge in [0.1, 0.15) is 32.9 Å². The number of methoxy groups -OCH3 is 1. The van der Waals surface area contributed by atoms with Crippen molar-refractivity contribution in [3.05, 3.63) is 60.9 Å². The lowest BCUT2D eigenvalue weighted by Gasteiger charge is -2.26. The summed E-state index contributed by atoms with van der Waals surface area (Å²) in [5, 5.41) is 18.6. The molecule has 1 amide bonds. The van der Waals surface area contributed by atoms with Crippen molar-refractivity contribution in [2.24, 2.45) is 5.73 Å². The number of rotatable bonds is 10. The van der Waals surface area contributed by atoms with E-state index in [2.05, 4.69) is 0 Å². The number of fused-ring (bicyclic) bond motifs is 1. The number of aromatic nitrogens is 2. The normalized spacial score (nSPS) is 12.3. The van der Waals surface area contributed by atoms with Gasteiger partial charge in [0, 0.05) is 5.56 Å². The third-order valence-electron chi connectivity index (χ3n) is 5.99. The number of hydrogen-bond donors (Lipinski definition) is 2. The number of carbonyl (C=O) groups is 2. The van der Waals surface area contributed by atoms with Gasteiger partial charge in [0.15, 0.2) is 0 Å². The molecular formula is C24H25FN4O7S. The average molecular weight is 533 g/mol. The van der Waals surface area contributed by atoms with Crippen molar-refractivity contribution in [1.82, 2.24) is 9.13 Å². The molecule has 13 heteroatoms. The molecule has 37 heavy (non-hydrogen) atoms. The van der Waals surface area contributed by atoms with E-state index in [0.717, 1.165) is 10.6 Å². The summed E-state index contributed by atoms with van der Waals surface area (Å²) in [6, 6.07) is 5.64. The SMILES string of the molecule is COc1ccc(F)cc1C(Cn1c(=O)n(C(C)(C)C(N)=O)c(=O)c2c(C)c(C(=O)O)sc21)OCCC#N. The Morgan fingerprint density at radius 3 is 2.57 bits per heavy atom. The van der Waals surface area contributed by atoms with Crippen LogP contribution in [0, 0.1) is 24.1 Å². The number of nitrogens with two attached hydrogens (primary N) is 1. The number of carboxylic acids is 1. The zero-order valence-electron chi connectivity index (χ0n) is 20.5. The van der Waals surface area contributed by atoms with Crippen LogP contribution < -0.4 is 21.7 Å². The van der Waals surface area contributed by atoms with Crippen LogP contribution in [0.3, 0.4) is 0 Å². The van der Waals surface area contributed by atoms with E-state index >= 15 is 0 Å². The molecule has 11 nitrogen and oxygen atoms in total. The molecule has 1 aromatic carbocycles. The zero-order chi connectivity index (χ0) is 27.7. The quantitative estimate of drug-likeness (QED) is 0.375. The van der Waals surface area contributed by atoms with Crippen LogP contribution in [0.1, 0.15) is 47.2 Å². The molecule has 2 heterocycles. The zero-order valence-corrected chi connectivity index (χ0v) is 21.3. The number of carboxylic acid groups (broad SMARTS) is 1. The number of ether oxygens (including phenoxy) is 2. The Morgan fingerprint density at radius 2 is 2.00 bits per heavy atom. The Kier molecular flexibility index (Phi) is 7.85. The predicted octanol–water partition coefficient (Wildman–Crippen LogP) is 2.27. The van der Waals surface area contributed by atoms with Gasteiger partial charge in [-0.25, -0.2) is 18.5 Å². The van der Waals surface area contributed by atoms with Crippen molar-refractivity contribution in [1.29, 1.82) is 5.26 Å². The largest absolute Gasteiger partial charge is 0.496 e. The molecule has 3 aromatic rings. The van der Waals surface area contributed by atoms with E-state index in [0.29, 0.717) is 15.9 Å². The highest BCUT2D eigenvalue weighted by Gasteiger charge is 2.35. The van der Waals surface area contributed by atoms with E-state index in [1.807, 2.05) is 6.07 Å². The van der Waals surface area contributed by atoms with Crippen LogP contribution in [-0.4, -0.2) is 39.8 Å². The number of primary amides is 1. The first-order chi connectivity index (χ1) is 17.4. The molecular weight excluding hydrogens is 507 g/mol. The minimum atomic E-state index is -1.77.